The van der Waals surface area contributed by atoms with Crippen LogP contribution in [-0.2, 0) is 9.84 Å². The highest BCUT2D eigenvalue weighted by molar-refractivity contribution is 7.91. The van der Waals surface area contributed by atoms with E-state index in [4.69, 9.17) is 0 Å². The Morgan fingerprint density at radius 1 is 1.14 bits per heavy atom. The number of sulfone groups is 1. The van der Waals surface area contributed by atoms with E-state index in [-0.39, 0.29) is 28.1 Å². The molecular formula is C17H19F5N2O3S. The molecular weight excluding hydrogens is 407 g/mol. The Morgan fingerprint density at radius 3 is 2.25 bits per heavy atom. The SMILES string of the molecule is CCS(=O)(=O)c1ccn(C(C)C)c1-c1ccc(OCC(F)(F)C(F)(F)F)cn1. The third-order valence-electron chi connectivity index (χ3n) is 3.96. The summed E-state index contributed by atoms with van der Waals surface area (Å²) in [6.07, 6.45) is -3.15. The topological polar surface area (TPSA) is 61.2 Å². The van der Waals surface area contributed by atoms with Gasteiger partial charge in [-0.1, -0.05) is 6.92 Å². The van der Waals surface area contributed by atoms with Crippen molar-refractivity contribution in [1.29, 1.82) is 0 Å². The molecule has 0 fully saturated rings. The fourth-order valence-electron chi connectivity index (χ4n) is 2.39. The Bertz CT molecular complexity index is 919. The molecule has 11 heteroatoms. The minimum atomic E-state index is -5.72. The highest BCUT2D eigenvalue weighted by atomic mass is 32.2. The smallest absolute Gasteiger partial charge is 0.456 e. The van der Waals surface area contributed by atoms with Crippen molar-refractivity contribution in [2.24, 2.45) is 0 Å². The maximum atomic E-state index is 12.9. The minimum absolute atomic E-state index is 0.0634. The fourth-order valence-corrected chi connectivity index (χ4v) is 3.47. The first-order valence-electron chi connectivity index (χ1n) is 8.27. The molecule has 0 saturated carbocycles. The van der Waals surface area contributed by atoms with E-state index < -0.39 is 28.5 Å². The lowest BCUT2D eigenvalue weighted by atomic mass is 10.2. The largest absolute Gasteiger partial charge is 0.485 e. The molecule has 2 rings (SSSR count). The Morgan fingerprint density at radius 2 is 1.79 bits per heavy atom. The standard InChI is InChI=1S/C17H19F5N2O3S/c1-4-28(25,26)14-7-8-24(11(2)3)15(14)13-6-5-12(9-23-13)27-10-16(18,19)17(20,21)22/h5-9,11H,4,10H2,1-3H3. The second-order valence-electron chi connectivity index (χ2n) is 6.30. The van der Waals surface area contributed by atoms with Gasteiger partial charge in [0, 0.05) is 12.2 Å². The lowest BCUT2D eigenvalue weighted by Crippen LogP contribution is -2.41. The van der Waals surface area contributed by atoms with Crippen LogP contribution < -0.4 is 4.74 Å². The van der Waals surface area contributed by atoms with Crippen LogP contribution in [0.25, 0.3) is 11.4 Å². The van der Waals surface area contributed by atoms with E-state index in [9.17, 15) is 30.4 Å². The zero-order valence-corrected chi connectivity index (χ0v) is 16.1. The van der Waals surface area contributed by atoms with Crippen molar-refractivity contribution in [2.75, 3.05) is 12.4 Å². The summed E-state index contributed by atoms with van der Waals surface area (Å²) >= 11 is 0. The predicted molar refractivity (Wildman–Crippen MR) is 92.3 cm³/mol. The first kappa shape index (κ1) is 22.1. The third-order valence-corrected chi connectivity index (χ3v) is 5.72. The zero-order chi connectivity index (χ0) is 21.3. The van der Waals surface area contributed by atoms with E-state index in [1.165, 1.54) is 19.1 Å². The van der Waals surface area contributed by atoms with Gasteiger partial charge in [0.1, 0.15) is 5.75 Å². The molecule has 0 aliphatic heterocycles. The molecule has 0 saturated heterocycles. The monoisotopic (exact) mass is 426 g/mol. The van der Waals surface area contributed by atoms with E-state index in [1.807, 2.05) is 13.8 Å². The number of hydrogen-bond donors (Lipinski definition) is 0. The van der Waals surface area contributed by atoms with Gasteiger partial charge in [-0.25, -0.2) is 8.42 Å². The van der Waals surface area contributed by atoms with Crippen molar-refractivity contribution < 1.29 is 35.1 Å². The fraction of sp³-hybridized carbons (Fsp3) is 0.471. The van der Waals surface area contributed by atoms with Crippen LogP contribution in [0.2, 0.25) is 0 Å². The number of rotatable bonds is 7. The number of pyridine rings is 1. The van der Waals surface area contributed by atoms with Crippen LogP contribution in [0.1, 0.15) is 26.8 Å². The van der Waals surface area contributed by atoms with Gasteiger partial charge in [-0.05, 0) is 32.0 Å². The van der Waals surface area contributed by atoms with E-state index in [0.29, 0.717) is 5.69 Å². The van der Waals surface area contributed by atoms with Crippen molar-refractivity contribution in [2.45, 2.75) is 43.8 Å². The quantitative estimate of drug-likeness (QED) is 0.612. The van der Waals surface area contributed by atoms with Crippen LogP contribution in [0.5, 0.6) is 5.75 Å². The Hall–Kier alpha value is -2.17. The third kappa shape index (κ3) is 4.45. The maximum absolute atomic E-state index is 12.9. The van der Waals surface area contributed by atoms with Gasteiger partial charge in [0.15, 0.2) is 16.4 Å². The summed E-state index contributed by atoms with van der Waals surface area (Å²) in [5, 5.41) is 0. The Labute approximate surface area is 159 Å². The van der Waals surface area contributed by atoms with Crippen molar-refractivity contribution in [3.63, 3.8) is 0 Å². The van der Waals surface area contributed by atoms with Crippen LogP contribution in [-0.4, -0.2) is 42.4 Å². The minimum Gasteiger partial charge on any atom is -0.485 e. The number of aromatic nitrogens is 2. The molecule has 0 amide bonds. The lowest BCUT2D eigenvalue weighted by Gasteiger charge is -2.19. The molecule has 28 heavy (non-hydrogen) atoms. The van der Waals surface area contributed by atoms with E-state index in [1.54, 1.807) is 10.8 Å². The molecule has 5 nitrogen and oxygen atoms in total. The van der Waals surface area contributed by atoms with Gasteiger partial charge in [-0.3, -0.25) is 4.98 Å². The average molecular weight is 426 g/mol. The molecule has 0 aromatic carbocycles. The van der Waals surface area contributed by atoms with Gasteiger partial charge in [0.25, 0.3) is 0 Å². The molecule has 0 atom stereocenters. The van der Waals surface area contributed by atoms with Crippen LogP contribution in [0.4, 0.5) is 22.0 Å². The maximum Gasteiger partial charge on any atom is 0.456 e. The van der Waals surface area contributed by atoms with Crippen LogP contribution in [0, 0.1) is 0 Å². The number of hydrogen-bond acceptors (Lipinski definition) is 4. The molecule has 2 aromatic rings. The highest BCUT2D eigenvalue weighted by Crippen LogP contribution is 2.36. The normalized spacial score (nSPS) is 13.2. The van der Waals surface area contributed by atoms with Crippen molar-refractivity contribution in [3.05, 3.63) is 30.6 Å². The molecule has 156 valence electrons. The number of nitrogens with zero attached hydrogens (tertiary/aromatic N) is 2. The van der Waals surface area contributed by atoms with Crippen LogP contribution >= 0.6 is 0 Å². The molecule has 0 unspecified atom stereocenters. The van der Waals surface area contributed by atoms with Gasteiger partial charge in [0.2, 0.25) is 0 Å². The molecule has 0 radical (unpaired) electrons. The highest BCUT2D eigenvalue weighted by Gasteiger charge is 2.58. The number of alkyl halides is 5. The summed E-state index contributed by atoms with van der Waals surface area (Å²) in [4.78, 5) is 4.06. The van der Waals surface area contributed by atoms with Gasteiger partial charge in [0.05, 0.1) is 28.2 Å². The van der Waals surface area contributed by atoms with Gasteiger partial charge >= 0.3 is 12.1 Å². The molecule has 0 aliphatic carbocycles. The first-order valence-corrected chi connectivity index (χ1v) is 9.92. The van der Waals surface area contributed by atoms with E-state index in [0.717, 1.165) is 12.3 Å². The molecule has 0 bridgehead atoms. The molecule has 0 aliphatic rings. The Kier molecular flexibility index (Phi) is 6.07. The summed E-state index contributed by atoms with van der Waals surface area (Å²) in [5.74, 6) is -5.42. The molecule has 0 spiro atoms. The molecule has 2 heterocycles. The van der Waals surface area contributed by atoms with Gasteiger partial charge in [-0.15, -0.1) is 0 Å². The lowest BCUT2D eigenvalue weighted by molar-refractivity contribution is -0.290. The zero-order valence-electron chi connectivity index (χ0n) is 15.3. The summed E-state index contributed by atoms with van der Waals surface area (Å²) in [5.41, 5.74) is 0.532. The van der Waals surface area contributed by atoms with E-state index in [2.05, 4.69) is 9.72 Å². The van der Waals surface area contributed by atoms with Crippen LogP contribution in [0.3, 0.4) is 0 Å². The summed E-state index contributed by atoms with van der Waals surface area (Å²) in [6.45, 7) is 3.29. The summed E-state index contributed by atoms with van der Waals surface area (Å²) in [7, 11) is -3.56. The second kappa shape index (κ2) is 7.69. The van der Waals surface area contributed by atoms with Crippen molar-refractivity contribution in [3.8, 4) is 17.1 Å². The summed E-state index contributed by atoms with van der Waals surface area (Å²) in [6, 6.07) is 3.82. The van der Waals surface area contributed by atoms with Gasteiger partial charge < -0.3 is 9.30 Å². The van der Waals surface area contributed by atoms with Crippen LogP contribution in [0.15, 0.2) is 35.5 Å². The predicted octanol–water partition coefficient (Wildman–Crippen LogP) is 4.50. The van der Waals surface area contributed by atoms with Crippen molar-refractivity contribution >= 4 is 9.84 Å². The first-order chi connectivity index (χ1) is 12.8. The number of ether oxygens (including phenoxy) is 1. The Balaban J connectivity index is 2.35. The second-order valence-corrected chi connectivity index (χ2v) is 8.55. The number of halogens is 5. The summed E-state index contributed by atoms with van der Waals surface area (Å²) < 4.78 is 93.3. The average Bonchev–Trinajstić information content (AvgIpc) is 3.05. The molecule has 2 aromatic heterocycles. The van der Waals surface area contributed by atoms with E-state index >= 15 is 0 Å². The van der Waals surface area contributed by atoms with Gasteiger partial charge in [-0.2, -0.15) is 22.0 Å². The molecule has 0 N–H and O–H groups in total. The van der Waals surface area contributed by atoms with Crippen molar-refractivity contribution in [1.82, 2.24) is 9.55 Å².